The lowest BCUT2D eigenvalue weighted by Crippen LogP contribution is -2.22. The number of carbonyl (C=O) groups is 2. The largest absolute Gasteiger partial charge is 0.426 e. The fraction of sp³-hybridized carbons (Fsp3) is 0.235. The summed E-state index contributed by atoms with van der Waals surface area (Å²) >= 11 is 0. The van der Waals surface area contributed by atoms with E-state index in [0.29, 0.717) is 30.6 Å². The fourth-order valence-corrected chi connectivity index (χ4v) is 2.53. The van der Waals surface area contributed by atoms with Crippen molar-refractivity contribution in [3.8, 4) is 0 Å². The molecule has 1 heterocycles. The van der Waals surface area contributed by atoms with Gasteiger partial charge in [-0.15, -0.1) is 0 Å². The van der Waals surface area contributed by atoms with E-state index in [1.165, 1.54) is 6.07 Å². The highest BCUT2D eigenvalue weighted by Crippen LogP contribution is 2.22. The Bertz CT molecular complexity index is 777. The van der Waals surface area contributed by atoms with E-state index in [2.05, 4.69) is 5.32 Å². The lowest BCUT2D eigenvalue weighted by Gasteiger charge is -2.13. The molecule has 0 saturated heterocycles. The van der Waals surface area contributed by atoms with Gasteiger partial charge >= 0.3 is 5.63 Å². The molecule has 1 aromatic carbocycles. The summed E-state index contributed by atoms with van der Waals surface area (Å²) in [5.74, 6) is 0.0487. The molecule has 1 aliphatic carbocycles. The van der Waals surface area contributed by atoms with Crippen LogP contribution in [0.3, 0.4) is 0 Å². The zero-order valence-electron chi connectivity index (χ0n) is 11.9. The molecule has 5 heteroatoms. The molecular weight excluding hydrogens is 282 g/mol. The molecule has 1 amide bonds. The first-order valence-corrected chi connectivity index (χ1v) is 7.17. The minimum Gasteiger partial charge on any atom is -0.426 e. The van der Waals surface area contributed by atoms with E-state index in [1.54, 1.807) is 0 Å². The van der Waals surface area contributed by atoms with Crippen molar-refractivity contribution in [1.29, 1.82) is 0 Å². The zero-order valence-corrected chi connectivity index (χ0v) is 11.9. The Balaban J connectivity index is 1.80. The van der Waals surface area contributed by atoms with Gasteiger partial charge in [0.15, 0.2) is 5.78 Å². The molecule has 5 nitrogen and oxygen atoms in total. The van der Waals surface area contributed by atoms with E-state index in [1.807, 2.05) is 30.3 Å². The molecule has 2 aromatic rings. The highest BCUT2D eigenvalue weighted by atomic mass is 16.4. The molecule has 0 radical (unpaired) electrons. The molecule has 0 fully saturated rings. The van der Waals surface area contributed by atoms with Gasteiger partial charge in [-0.05, 0) is 18.1 Å². The van der Waals surface area contributed by atoms with Gasteiger partial charge in [0.1, 0.15) is 11.4 Å². The number of anilines is 1. The van der Waals surface area contributed by atoms with Crippen LogP contribution in [0.1, 0.15) is 34.5 Å². The van der Waals surface area contributed by atoms with Crippen LogP contribution in [-0.4, -0.2) is 11.7 Å². The fourth-order valence-electron chi connectivity index (χ4n) is 2.53. The van der Waals surface area contributed by atoms with E-state index in [-0.39, 0.29) is 23.8 Å². The number of carbonyl (C=O) groups excluding carboxylic acids is 2. The number of hydrogen-bond acceptors (Lipinski definition) is 4. The normalized spacial score (nSPS) is 13.5. The first kappa shape index (κ1) is 14.3. The predicted molar refractivity (Wildman–Crippen MR) is 81.0 cm³/mol. The number of benzene rings is 1. The van der Waals surface area contributed by atoms with Crippen molar-refractivity contribution in [3.05, 3.63) is 63.7 Å². The molecule has 0 unspecified atom stereocenters. The summed E-state index contributed by atoms with van der Waals surface area (Å²) in [5, 5.41) is 2.53. The lowest BCUT2D eigenvalue weighted by molar-refractivity contribution is -0.115. The van der Waals surface area contributed by atoms with Crippen LogP contribution >= 0.6 is 0 Å². The third kappa shape index (κ3) is 2.98. The molecule has 112 valence electrons. The molecule has 0 bridgehead atoms. The molecule has 1 aromatic heterocycles. The van der Waals surface area contributed by atoms with E-state index in [9.17, 15) is 14.4 Å². The molecule has 22 heavy (non-hydrogen) atoms. The highest BCUT2D eigenvalue weighted by molar-refractivity contribution is 5.99. The first-order chi connectivity index (χ1) is 10.6. The minimum atomic E-state index is -0.616. The first-order valence-electron chi connectivity index (χ1n) is 7.17. The molecule has 0 spiro atoms. The summed E-state index contributed by atoms with van der Waals surface area (Å²) < 4.78 is 5.16. The van der Waals surface area contributed by atoms with Crippen molar-refractivity contribution in [2.24, 2.45) is 0 Å². The maximum Gasteiger partial charge on any atom is 0.359 e. The number of fused-ring (bicyclic) bond motifs is 1. The molecule has 3 rings (SSSR count). The average Bonchev–Trinajstić information content (AvgIpc) is 2.50. The third-order valence-electron chi connectivity index (χ3n) is 3.61. The molecule has 0 saturated carbocycles. The van der Waals surface area contributed by atoms with Gasteiger partial charge in [0.25, 0.3) is 0 Å². The summed E-state index contributed by atoms with van der Waals surface area (Å²) in [7, 11) is 0. The third-order valence-corrected chi connectivity index (χ3v) is 3.61. The van der Waals surface area contributed by atoms with Crippen LogP contribution in [0.4, 0.5) is 5.69 Å². The Morgan fingerprint density at radius 2 is 1.91 bits per heavy atom. The monoisotopic (exact) mass is 297 g/mol. The predicted octanol–water partition coefficient (Wildman–Crippen LogP) is 2.34. The Kier molecular flexibility index (Phi) is 3.87. The highest BCUT2D eigenvalue weighted by Gasteiger charge is 2.22. The van der Waals surface area contributed by atoms with Gasteiger partial charge in [0, 0.05) is 12.8 Å². The van der Waals surface area contributed by atoms with Crippen LogP contribution in [0, 0.1) is 0 Å². The van der Waals surface area contributed by atoms with Crippen molar-refractivity contribution in [2.45, 2.75) is 25.7 Å². The van der Waals surface area contributed by atoms with Crippen molar-refractivity contribution < 1.29 is 14.0 Å². The average molecular weight is 297 g/mol. The maximum absolute atomic E-state index is 12.0. The number of rotatable bonds is 3. The number of Topliss-reactive ketones (excluding diaryl/α,β-unsaturated/α-hetero) is 1. The van der Waals surface area contributed by atoms with Crippen LogP contribution in [0.2, 0.25) is 0 Å². The van der Waals surface area contributed by atoms with Crippen molar-refractivity contribution in [1.82, 2.24) is 0 Å². The van der Waals surface area contributed by atoms with Gasteiger partial charge in [-0.25, -0.2) is 4.79 Å². The van der Waals surface area contributed by atoms with E-state index in [4.69, 9.17) is 4.42 Å². The number of aryl methyl sites for hydroxylation is 1. The number of amides is 1. The van der Waals surface area contributed by atoms with Crippen LogP contribution < -0.4 is 10.9 Å². The van der Waals surface area contributed by atoms with Crippen LogP contribution in [0.25, 0.3) is 0 Å². The second-order valence-electron chi connectivity index (χ2n) is 5.27. The van der Waals surface area contributed by atoms with Gasteiger partial charge in [-0.2, -0.15) is 0 Å². The van der Waals surface area contributed by atoms with Crippen LogP contribution in [-0.2, 0) is 17.6 Å². The number of hydrogen-bond donors (Lipinski definition) is 1. The van der Waals surface area contributed by atoms with Gasteiger partial charge < -0.3 is 9.73 Å². The number of nitrogens with one attached hydrogen (secondary N) is 1. The topological polar surface area (TPSA) is 76.4 Å². The minimum absolute atomic E-state index is 0.0231. The molecule has 1 N–H and O–H groups in total. The summed E-state index contributed by atoms with van der Waals surface area (Å²) in [6.07, 6.45) is 1.87. The molecule has 0 aliphatic heterocycles. The van der Waals surface area contributed by atoms with Crippen LogP contribution in [0.15, 0.2) is 45.6 Å². The molecule has 1 aliphatic rings. The lowest BCUT2D eigenvalue weighted by atomic mass is 9.96. The Morgan fingerprint density at radius 1 is 1.14 bits per heavy atom. The zero-order chi connectivity index (χ0) is 15.5. The summed E-state index contributed by atoms with van der Waals surface area (Å²) in [6.45, 7) is 0. The Morgan fingerprint density at radius 3 is 2.68 bits per heavy atom. The quantitative estimate of drug-likeness (QED) is 0.943. The second-order valence-corrected chi connectivity index (χ2v) is 5.27. The molecular formula is C17H15NO4. The van der Waals surface area contributed by atoms with Crippen molar-refractivity contribution in [3.63, 3.8) is 0 Å². The van der Waals surface area contributed by atoms with Crippen LogP contribution in [0.5, 0.6) is 0 Å². The van der Waals surface area contributed by atoms with Crippen molar-refractivity contribution >= 4 is 17.4 Å². The van der Waals surface area contributed by atoms with E-state index >= 15 is 0 Å². The maximum atomic E-state index is 12.0. The smallest absolute Gasteiger partial charge is 0.359 e. The van der Waals surface area contributed by atoms with Gasteiger partial charge in [0.2, 0.25) is 5.91 Å². The standard InChI is InChI=1S/C17H15NO4/c19-14-7-4-8-15-12(14)10-13(17(21)22-15)18-16(20)9-11-5-2-1-3-6-11/h1-3,5-6,10H,4,7-9H2,(H,18,20). The van der Waals surface area contributed by atoms with E-state index in [0.717, 1.165) is 5.56 Å². The summed E-state index contributed by atoms with van der Waals surface area (Å²) in [6, 6.07) is 10.6. The number of ketones is 1. The summed E-state index contributed by atoms with van der Waals surface area (Å²) in [4.78, 5) is 35.8. The van der Waals surface area contributed by atoms with Gasteiger partial charge in [0.05, 0.1) is 12.0 Å². The van der Waals surface area contributed by atoms with Crippen molar-refractivity contribution in [2.75, 3.05) is 5.32 Å². The SMILES string of the molecule is O=C(Cc1ccccc1)Nc1cc2c(oc1=O)CCCC2=O. The molecule has 0 atom stereocenters. The Hall–Kier alpha value is -2.69. The van der Waals surface area contributed by atoms with Gasteiger partial charge in [-0.1, -0.05) is 30.3 Å². The van der Waals surface area contributed by atoms with E-state index < -0.39 is 5.63 Å². The Labute approximate surface area is 127 Å². The second kappa shape index (κ2) is 5.97. The summed E-state index contributed by atoms with van der Waals surface area (Å²) in [5.41, 5.74) is 0.657. The van der Waals surface area contributed by atoms with Gasteiger partial charge in [-0.3, -0.25) is 9.59 Å².